The van der Waals surface area contributed by atoms with Gasteiger partial charge in [-0.2, -0.15) is 0 Å². The highest BCUT2D eigenvalue weighted by molar-refractivity contribution is 6.03. The van der Waals surface area contributed by atoms with Crippen molar-refractivity contribution >= 4 is 11.9 Å². The van der Waals surface area contributed by atoms with E-state index in [1.165, 1.54) is 26.4 Å². The summed E-state index contributed by atoms with van der Waals surface area (Å²) in [5, 5.41) is 2.90. The lowest BCUT2D eigenvalue weighted by Gasteiger charge is -2.37. The van der Waals surface area contributed by atoms with Crippen LogP contribution in [0.1, 0.15) is 44.9 Å². The van der Waals surface area contributed by atoms with Crippen molar-refractivity contribution in [1.82, 2.24) is 5.32 Å². The maximum absolute atomic E-state index is 12.0. The zero-order valence-electron chi connectivity index (χ0n) is 10.5. The van der Waals surface area contributed by atoms with Crippen molar-refractivity contribution in [1.29, 1.82) is 0 Å². The Morgan fingerprint density at radius 1 is 1.29 bits per heavy atom. The molecule has 2 aliphatic rings. The molecule has 17 heavy (non-hydrogen) atoms. The number of carbonyl (C=O) groups is 2. The number of esters is 1. The van der Waals surface area contributed by atoms with Crippen molar-refractivity contribution in [2.45, 2.75) is 44.9 Å². The van der Waals surface area contributed by atoms with Crippen molar-refractivity contribution in [3.05, 3.63) is 0 Å². The van der Waals surface area contributed by atoms with Gasteiger partial charge in [-0.05, 0) is 25.2 Å². The molecule has 2 aliphatic carbocycles. The molecule has 2 fully saturated rings. The molecular weight excluding hydrogens is 218 g/mol. The predicted octanol–water partition coefficient (Wildman–Crippen LogP) is 1.64. The van der Waals surface area contributed by atoms with Crippen molar-refractivity contribution in [2.24, 2.45) is 11.3 Å². The topological polar surface area (TPSA) is 55.4 Å². The number of methoxy groups -OCH3 is 1. The first-order valence-electron chi connectivity index (χ1n) is 6.56. The first kappa shape index (κ1) is 12.4. The van der Waals surface area contributed by atoms with Gasteiger partial charge in [0, 0.05) is 6.54 Å². The predicted molar refractivity (Wildman–Crippen MR) is 63.3 cm³/mol. The lowest BCUT2D eigenvalue weighted by molar-refractivity contribution is -0.165. The van der Waals surface area contributed by atoms with Crippen LogP contribution in [-0.2, 0) is 14.3 Å². The van der Waals surface area contributed by atoms with Crippen LogP contribution in [0, 0.1) is 11.3 Å². The van der Waals surface area contributed by atoms with Gasteiger partial charge in [-0.3, -0.25) is 9.59 Å². The Labute approximate surface area is 102 Å². The van der Waals surface area contributed by atoms with E-state index < -0.39 is 5.41 Å². The van der Waals surface area contributed by atoms with Gasteiger partial charge in [0.05, 0.1) is 7.11 Å². The van der Waals surface area contributed by atoms with Crippen molar-refractivity contribution in [2.75, 3.05) is 13.7 Å². The van der Waals surface area contributed by atoms with E-state index in [-0.39, 0.29) is 11.9 Å². The number of hydrogen-bond acceptors (Lipinski definition) is 3. The first-order chi connectivity index (χ1) is 8.19. The Morgan fingerprint density at radius 2 is 2.00 bits per heavy atom. The van der Waals surface area contributed by atoms with Crippen molar-refractivity contribution in [3.8, 4) is 0 Å². The molecule has 96 valence electrons. The Bertz CT molecular complexity index is 306. The van der Waals surface area contributed by atoms with Gasteiger partial charge < -0.3 is 10.1 Å². The molecule has 0 saturated heterocycles. The van der Waals surface area contributed by atoms with Gasteiger partial charge >= 0.3 is 5.97 Å². The Morgan fingerprint density at radius 3 is 2.41 bits per heavy atom. The van der Waals surface area contributed by atoms with Crippen LogP contribution in [0.4, 0.5) is 0 Å². The molecule has 0 aliphatic heterocycles. The highest BCUT2D eigenvalue weighted by atomic mass is 16.5. The van der Waals surface area contributed by atoms with Gasteiger partial charge in [-0.25, -0.2) is 0 Å². The van der Waals surface area contributed by atoms with Gasteiger partial charge in [0.25, 0.3) is 0 Å². The number of hydrogen-bond donors (Lipinski definition) is 1. The molecule has 0 spiro atoms. The molecular formula is C13H21NO3. The van der Waals surface area contributed by atoms with Crippen molar-refractivity contribution in [3.63, 3.8) is 0 Å². The fourth-order valence-electron chi connectivity index (χ4n) is 2.59. The van der Waals surface area contributed by atoms with Crippen LogP contribution in [0.5, 0.6) is 0 Å². The zero-order valence-corrected chi connectivity index (χ0v) is 10.5. The minimum atomic E-state index is -0.867. The van der Waals surface area contributed by atoms with Crippen LogP contribution in [0.3, 0.4) is 0 Å². The third kappa shape index (κ3) is 2.31. The summed E-state index contributed by atoms with van der Waals surface area (Å²) in [7, 11) is 1.35. The van der Waals surface area contributed by atoms with Crippen LogP contribution < -0.4 is 5.32 Å². The molecule has 0 aromatic heterocycles. The van der Waals surface area contributed by atoms with Crippen LogP contribution in [0.15, 0.2) is 0 Å². The lowest BCUT2D eigenvalue weighted by Crippen LogP contribution is -2.51. The van der Waals surface area contributed by atoms with E-state index in [0.29, 0.717) is 19.4 Å². The molecule has 4 heteroatoms. The monoisotopic (exact) mass is 239 g/mol. The van der Waals surface area contributed by atoms with Crippen molar-refractivity contribution < 1.29 is 14.3 Å². The minimum Gasteiger partial charge on any atom is -0.468 e. The summed E-state index contributed by atoms with van der Waals surface area (Å²) in [4.78, 5) is 23.7. The quantitative estimate of drug-likeness (QED) is 0.586. The molecule has 1 amide bonds. The van der Waals surface area contributed by atoms with E-state index in [0.717, 1.165) is 18.8 Å². The smallest absolute Gasteiger partial charge is 0.321 e. The van der Waals surface area contributed by atoms with E-state index in [9.17, 15) is 9.59 Å². The maximum atomic E-state index is 12.0. The molecule has 2 saturated carbocycles. The van der Waals surface area contributed by atoms with E-state index in [1.807, 2.05) is 0 Å². The second-order valence-electron chi connectivity index (χ2n) is 5.27. The molecule has 0 aromatic rings. The third-order valence-electron chi connectivity index (χ3n) is 4.28. The largest absolute Gasteiger partial charge is 0.468 e. The summed E-state index contributed by atoms with van der Waals surface area (Å²) in [5.41, 5.74) is -0.867. The minimum absolute atomic E-state index is 0.130. The Hall–Kier alpha value is -1.06. The van der Waals surface area contributed by atoms with Crippen LogP contribution in [-0.4, -0.2) is 25.5 Å². The van der Waals surface area contributed by atoms with E-state index in [2.05, 4.69) is 5.32 Å². The Balaban J connectivity index is 1.78. The molecule has 0 bridgehead atoms. The highest BCUT2D eigenvalue weighted by Crippen LogP contribution is 2.42. The second kappa shape index (κ2) is 5.07. The van der Waals surface area contributed by atoms with Gasteiger partial charge in [-0.15, -0.1) is 0 Å². The van der Waals surface area contributed by atoms with Gasteiger partial charge in [0.15, 0.2) is 0 Å². The molecule has 2 rings (SSSR count). The fraction of sp³-hybridized carbons (Fsp3) is 0.846. The highest BCUT2D eigenvalue weighted by Gasteiger charge is 2.51. The summed E-state index contributed by atoms with van der Waals surface area (Å²) in [6, 6.07) is 0. The number of nitrogens with one attached hydrogen (secondary N) is 1. The molecule has 0 atom stereocenters. The summed E-state index contributed by atoms with van der Waals surface area (Å²) in [6.07, 6.45) is 7.15. The van der Waals surface area contributed by atoms with Crippen LogP contribution in [0.25, 0.3) is 0 Å². The van der Waals surface area contributed by atoms with Gasteiger partial charge in [0.2, 0.25) is 5.91 Å². The molecule has 1 N–H and O–H groups in total. The second-order valence-corrected chi connectivity index (χ2v) is 5.27. The Kier molecular flexibility index (Phi) is 3.69. The first-order valence-corrected chi connectivity index (χ1v) is 6.56. The number of ether oxygens (including phenoxy) is 1. The van der Waals surface area contributed by atoms with Gasteiger partial charge in [0.1, 0.15) is 5.41 Å². The summed E-state index contributed by atoms with van der Waals surface area (Å²) in [5.74, 6) is 0.283. The average Bonchev–Trinajstić information content (AvgIpc) is 2.19. The van der Waals surface area contributed by atoms with Crippen LogP contribution >= 0.6 is 0 Å². The van der Waals surface area contributed by atoms with E-state index in [1.54, 1.807) is 0 Å². The van der Waals surface area contributed by atoms with Gasteiger partial charge in [-0.1, -0.05) is 25.7 Å². The standard InChI is InChI=1S/C13H21NO3/c1-17-12(16)13(7-3-8-13)11(15)14-9-6-10-4-2-5-10/h10H,2-9H2,1H3,(H,14,15). The zero-order chi connectivity index (χ0) is 12.3. The third-order valence-corrected chi connectivity index (χ3v) is 4.28. The molecule has 0 aromatic carbocycles. The number of amides is 1. The maximum Gasteiger partial charge on any atom is 0.321 e. The normalized spacial score (nSPS) is 22.2. The molecule has 0 heterocycles. The number of carbonyl (C=O) groups excluding carboxylic acids is 2. The van der Waals surface area contributed by atoms with E-state index in [4.69, 9.17) is 4.74 Å². The SMILES string of the molecule is COC(=O)C1(C(=O)NCCC2CCC2)CCC1. The molecule has 4 nitrogen and oxygen atoms in total. The summed E-state index contributed by atoms with van der Waals surface area (Å²) < 4.78 is 4.74. The van der Waals surface area contributed by atoms with Crippen LogP contribution in [0.2, 0.25) is 0 Å². The number of rotatable bonds is 5. The van der Waals surface area contributed by atoms with E-state index >= 15 is 0 Å². The fourth-order valence-corrected chi connectivity index (χ4v) is 2.59. The lowest BCUT2D eigenvalue weighted by atomic mass is 9.68. The molecule has 0 radical (unpaired) electrons. The summed E-state index contributed by atoms with van der Waals surface area (Å²) in [6.45, 7) is 0.697. The molecule has 0 unspecified atom stereocenters. The average molecular weight is 239 g/mol. The summed E-state index contributed by atoms with van der Waals surface area (Å²) >= 11 is 0.